The number of phosphoric ester groups is 1. The SMILES string of the molecule is CC/C=C\C/C=C\C/C=C\C/C=C\C/C=C\C/C=C\C/C=C\C/C=C\C/C=C\CCCC(=O)NC(COP(=O)(O)OCC[N+](C)(C)C)C(O)/C=C/CCCCCCCCC. The first-order valence-electron chi connectivity index (χ1n) is 22.9. The number of phosphoric acid groups is 1. The third-order valence-corrected chi connectivity index (χ3v) is 10.2. The molecule has 0 bridgehead atoms. The minimum Gasteiger partial charge on any atom is -0.387 e. The molecule has 0 radical (unpaired) electrons. The van der Waals surface area contributed by atoms with Crippen molar-refractivity contribution >= 4 is 13.7 Å². The summed E-state index contributed by atoms with van der Waals surface area (Å²) in [6, 6.07) is -0.884. The lowest BCUT2D eigenvalue weighted by molar-refractivity contribution is -0.870. The molecule has 0 aliphatic heterocycles. The van der Waals surface area contributed by atoms with Crippen LogP contribution < -0.4 is 5.32 Å². The van der Waals surface area contributed by atoms with E-state index in [1.54, 1.807) is 6.08 Å². The van der Waals surface area contributed by atoms with Gasteiger partial charge in [0.25, 0.3) is 0 Å². The van der Waals surface area contributed by atoms with Crippen molar-refractivity contribution in [3.05, 3.63) is 122 Å². The van der Waals surface area contributed by atoms with E-state index in [-0.39, 0.29) is 25.5 Å². The van der Waals surface area contributed by atoms with Gasteiger partial charge in [-0.2, -0.15) is 0 Å². The van der Waals surface area contributed by atoms with E-state index >= 15 is 0 Å². The Bertz CT molecular complexity index is 1380. The van der Waals surface area contributed by atoms with Crippen LogP contribution in [0.2, 0.25) is 0 Å². The number of rotatable bonds is 39. The van der Waals surface area contributed by atoms with Crippen LogP contribution in [0.25, 0.3) is 0 Å². The van der Waals surface area contributed by atoms with E-state index in [1.807, 2.05) is 27.2 Å². The number of quaternary nitrogens is 1. The van der Waals surface area contributed by atoms with Crippen LogP contribution in [0.4, 0.5) is 0 Å². The van der Waals surface area contributed by atoms with E-state index in [0.29, 0.717) is 17.4 Å². The Morgan fingerprint density at radius 3 is 1.45 bits per heavy atom. The smallest absolute Gasteiger partial charge is 0.387 e. The third-order valence-electron chi connectivity index (χ3n) is 9.19. The number of nitrogens with one attached hydrogen (secondary N) is 1. The summed E-state index contributed by atoms with van der Waals surface area (Å²) in [5.41, 5.74) is 0. The van der Waals surface area contributed by atoms with E-state index in [1.165, 1.54) is 32.1 Å². The number of hydrogen-bond donors (Lipinski definition) is 3. The molecular weight excluding hydrogens is 768 g/mol. The van der Waals surface area contributed by atoms with Crippen LogP contribution >= 0.6 is 7.82 Å². The van der Waals surface area contributed by atoms with Crippen molar-refractivity contribution in [2.75, 3.05) is 40.9 Å². The molecule has 0 aromatic carbocycles. The average Bonchev–Trinajstić information content (AvgIpc) is 3.20. The molecule has 340 valence electrons. The second-order valence-corrected chi connectivity index (χ2v) is 17.5. The summed E-state index contributed by atoms with van der Waals surface area (Å²) in [5.74, 6) is -0.244. The Hall–Kier alpha value is -3.10. The number of amides is 1. The maximum Gasteiger partial charge on any atom is 0.472 e. The zero-order valence-electron chi connectivity index (χ0n) is 38.4. The minimum atomic E-state index is -4.36. The highest BCUT2D eigenvalue weighted by Crippen LogP contribution is 2.43. The molecule has 0 saturated heterocycles. The first kappa shape index (κ1) is 56.9. The van der Waals surface area contributed by atoms with Crippen molar-refractivity contribution in [2.24, 2.45) is 0 Å². The number of likely N-dealkylation sites (N-methyl/N-ethyl adjacent to an activating group) is 1. The van der Waals surface area contributed by atoms with Crippen LogP contribution in [-0.2, 0) is 18.4 Å². The summed E-state index contributed by atoms with van der Waals surface area (Å²) in [5, 5.41) is 13.7. The van der Waals surface area contributed by atoms with E-state index in [4.69, 9.17) is 9.05 Å². The zero-order chi connectivity index (χ0) is 44.3. The lowest BCUT2D eigenvalue weighted by Gasteiger charge is -2.25. The van der Waals surface area contributed by atoms with Crippen LogP contribution in [0, 0.1) is 0 Å². The molecule has 9 heteroatoms. The summed E-state index contributed by atoms with van der Waals surface area (Å²) < 4.78 is 23.4. The second kappa shape index (κ2) is 41.3. The predicted molar refractivity (Wildman–Crippen MR) is 258 cm³/mol. The Kier molecular flexibility index (Phi) is 39.1. The number of allylic oxidation sites excluding steroid dienone is 19. The lowest BCUT2D eigenvalue weighted by atomic mass is 10.1. The van der Waals surface area contributed by atoms with Crippen molar-refractivity contribution in [3.63, 3.8) is 0 Å². The number of hydrogen-bond acceptors (Lipinski definition) is 5. The first-order chi connectivity index (χ1) is 29.0. The van der Waals surface area contributed by atoms with Gasteiger partial charge in [0.15, 0.2) is 0 Å². The molecule has 60 heavy (non-hydrogen) atoms. The maximum absolute atomic E-state index is 12.8. The van der Waals surface area contributed by atoms with Crippen molar-refractivity contribution in [1.82, 2.24) is 5.32 Å². The highest BCUT2D eigenvalue weighted by atomic mass is 31.2. The molecule has 0 aliphatic rings. The highest BCUT2D eigenvalue weighted by molar-refractivity contribution is 7.47. The summed E-state index contributed by atoms with van der Waals surface area (Å²) in [6.07, 6.45) is 61.5. The van der Waals surface area contributed by atoms with Gasteiger partial charge in [-0.05, 0) is 83.5 Å². The molecule has 0 spiro atoms. The summed E-state index contributed by atoms with van der Waals surface area (Å²) >= 11 is 0. The largest absolute Gasteiger partial charge is 0.472 e. The topological polar surface area (TPSA) is 105 Å². The fourth-order valence-electron chi connectivity index (χ4n) is 5.57. The van der Waals surface area contributed by atoms with E-state index < -0.39 is 20.0 Å². The van der Waals surface area contributed by atoms with Gasteiger partial charge in [-0.1, -0.05) is 174 Å². The molecule has 0 heterocycles. The van der Waals surface area contributed by atoms with E-state index in [0.717, 1.165) is 83.5 Å². The van der Waals surface area contributed by atoms with Crippen molar-refractivity contribution in [1.29, 1.82) is 0 Å². The van der Waals surface area contributed by atoms with Gasteiger partial charge in [-0.25, -0.2) is 4.57 Å². The zero-order valence-corrected chi connectivity index (χ0v) is 39.3. The van der Waals surface area contributed by atoms with E-state index in [9.17, 15) is 19.4 Å². The summed E-state index contributed by atoms with van der Waals surface area (Å²) in [4.78, 5) is 23.0. The average molecular weight is 854 g/mol. The van der Waals surface area contributed by atoms with Gasteiger partial charge in [0.05, 0.1) is 39.9 Å². The number of aliphatic hydroxyl groups excluding tert-OH is 1. The molecule has 0 rings (SSSR count). The molecule has 8 nitrogen and oxygen atoms in total. The Labute approximate surface area is 367 Å². The van der Waals surface area contributed by atoms with Gasteiger partial charge in [0.2, 0.25) is 5.91 Å². The minimum absolute atomic E-state index is 0.0429. The molecule has 0 aliphatic carbocycles. The van der Waals surface area contributed by atoms with Crippen LogP contribution in [0.15, 0.2) is 122 Å². The fraction of sp³-hybridized carbons (Fsp3) is 0.588. The number of carbonyl (C=O) groups is 1. The molecule has 0 fully saturated rings. The van der Waals surface area contributed by atoms with Gasteiger partial charge < -0.3 is 19.8 Å². The molecule has 3 unspecified atom stereocenters. The van der Waals surface area contributed by atoms with Gasteiger partial charge in [-0.15, -0.1) is 0 Å². The molecule has 1 amide bonds. The first-order valence-corrected chi connectivity index (χ1v) is 24.4. The number of carbonyl (C=O) groups excluding carboxylic acids is 1. The molecule has 0 aromatic rings. The third kappa shape index (κ3) is 43.0. The molecule has 0 aromatic heterocycles. The van der Waals surface area contributed by atoms with Crippen molar-refractivity contribution < 1.29 is 32.9 Å². The van der Waals surface area contributed by atoms with Crippen LogP contribution in [0.1, 0.15) is 142 Å². The summed E-state index contributed by atoms with van der Waals surface area (Å²) in [6.45, 7) is 4.58. The van der Waals surface area contributed by atoms with Gasteiger partial charge >= 0.3 is 7.82 Å². The number of aliphatic hydroxyl groups is 1. The number of nitrogens with zero attached hydrogens (tertiary/aromatic N) is 1. The van der Waals surface area contributed by atoms with Gasteiger partial charge in [-0.3, -0.25) is 13.8 Å². The summed E-state index contributed by atoms with van der Waals surface area (Å²) in [7, 11) is 1.51. The fourth-order valence-corrected chi connectivity index (χ4v) is 6.30. The Morgan fingerprint density at radius 1 is 0.583 bits per heavy atom. The highest BCUT2D eigenvalue weighted by Gasteiger charge is 2.27. The quantitative estimate of drug-likeness (QED) is 0.0246. The van der Waals surface area contributed by atoms with Gasteiger partial charge in [0.1, 0.15) is 13.2 Å². The Morgan fingerprint density at radius 2 is 1.00 bits per heavy atom. The number of unbranched alkanes of at least 4 members (excludes halogenated alkanes) is 8. The van der Waals surface area contributed by atoms with Gasteiger partial charge in [0, 0.05) is 6.42 Å². The molecule has 3 atom stereocenters. The van der Waals surface area contributed by atoms with E-state index in [2.05, 4.69) is 129 Å². The van der Waals surface area contributed by atoms with Crippen molar-refractivity contribution in [3.8, 4) is 0 Å². The monoisotopic (exact) mass is 854 g/mol. The van der Waals surface area contributed by atoms with Crippen molar-refractivity contribution in [2.45, 2.75) is 154 Å². The Balaban J connectivity index is 4.38. The molecule has 3 N–H and O–H groups in total. The maximum atomic E-state index is 12.8. The second-order valence-electron chi connectivity index (χ2n) is 16.0. The van der Waals surface area contributed by atoms with Crippen LogP contribution in [-0.4, -0.2) is 73.4 Å². The standard InChI is InChI=1S/C51H85N2O6P/c1-6-8-10-12-14-16-17-18-19-20-21-22-23-24-25-26-27-28-29-30-31-32-33-34-35-37-39-41-43-45-51(55)52-49(48-59-60(56,57)58-47-46-53(3,4)5)50(54)44-42-40-38-36-15-13-11-9-7-2/h8,10,14,16,18-19,21-22,24-25,27-28,30-31,33-34,37,39,42,44,49-50,54H,6-7,9,11-13,15,17,20,23,26,29,32,35-36,38,40-41,43,45-48H2,1-5H3,(H-,52,55,56,57)/p+1/b10-8-,16-14-,19-18-,22-21-,25-24-,28-27-,31-30-,34-33-,39-37-,44-42+. The predicted octanol–water partition coefficient (Wildman–Crippen LogP) is 13.1. The van der Waals surface area contributed by atoms with Crippen LogP contribution in [0.3, 0.4) is 0 Å². The normalized spacial score (nSPS) is 15.4. The van der Waals surface area contributed by atoms with Crippen LogP contribution in [0.5, 0.6) is 0 Å². The molecular formula is C51H86N2O6P+. The molecule has 0 saturated carbocycles. The lowest BCUT2D eigenvalue weighted by Crippen LogP contribution is -2.45.